The zero-order valence-electron chi connectivity index (χ0n) is 6.78. The first-order valence-electron chi connectivity index (χ1n) is 3.63. The molecule has 0 saturated carbocycles. The van der Waals surface area contributed by atoms with Crippen LogP contribution in [-0.2, 0) is 4.79 Å². The van der Waals surface area contributed by atoms with E-state index < -0.39 is 0 Å². The molecule has 0 aromatic carbocycles. The molecule has 1 aromatic rings. The Morgan fingerprint density at radius 2 is 2.42 bits per heavy atom. The minimum absolute atomic E-state index is 0.0869. The third-order valence-electron chi connectivity index (χ3n) is 1.47. The van der Waals surface area contributed by atoms with Gasteiger partial charge in [-0.15, -0.1) is 0 Å². The Hall–Kier alpha value is -1.51. The smallest absolute Gasteiger partial charge is 0.188 e. The molecule has 0 aliphatic rings. The molecular weight excluding hydrogens is 154 g/mol. The highest BCUT2D eigenvalue weighted by atomic mass is 16.1. The number of aryl methyl sites for hydroxylation is 1. The minimum atomic E-state index is -0.228. The molecule has 0 fully saturated rings. The largest absolute Gasteiger partial charge is 0.303 e. The molecule has 1 rings (SSSR count). The van der Waals surface area contributed by atoms with Crippen LogP contribution in [0.2, 0.25) is 0 Å². The van der Waals surface area contributed by atoms with Crippen molar-refractivity contribution in [1.82, 2.24) is 4.98 Å². The fraction of sp³-hybridized carbons (Fsp3) is 0.222. The predicted octanol–water partition coefficient (Wildman–Crippen LogP) is 1.16. The van der Waals surface area contributed by atoms with Crippen LogP contribution in [0.15, 0.2) is 18.3 Å². The summed E-state index contributed by atoms with van der Waals surface area (Å²) in [5, 5.41) is 0. The number of carbonyl (C=O) groups excluding carboxylic acids is 2. The van der Waals surface area contributed by atoms with E-state index in [0.717, 1.165) is 5.56 Å². The molecular formula is C9H9NO2. The van der Waals surface area contributed by atoms with E-state index in [2.05, 4.69) is 4.98 Å². The lowest BCUT2D eigenvalue weighted by molar-refractivity contribution is -0.107. The van der Waals surface area contributed by atoms with Crippen molar-refractivity contribution in [2.45, 2.75) is 13.3 Å². The second-order valence-electron chi connectivity index (χ2n) is 2.51. The Bertz CT molecular complexity index is 307. The average molecular weight is 163 g/mol. The third-order valence-corrected chi connectivity index (χ3v) is 1.47. The predicted molar refractivity (Wildman–Crippen MR) is 44.0 cm³/mol. The monoisotopic (exact) mass is 163 g/mol. The van der Waals surface area contributed by atoms with Crippen LogP contribution in [0.5, 0.6) is 0 Å². The quantitative estimate of drug-likeness (QED) is 0.381. The van der Waals surface area contributed by atoms with E-state index in [4.69, 9.17) is 0 Å². The maximum atomic E-state index is 11.1. The maximum absolute atomic E-state index is 11.1. The van der Waals surface area contributed by atoms with Crippen molar-refractivity contribution < 1.29 is 9.59 Å². The molecule has 0 unspecified atom stereocenters. The van der Waals surface area contributed by atoms with Gasteiger partial charge < -0.3 is 4.79 Å². The number of carbonyl (C=O) groups is 2. The average Bonchev–Trinajstić information content (AvgIpc) is 2.05. The van der Waals surface area contributed by atoms with E-state index in [1.165, 1.54) is 0 Å². The van der Waals surface area contributed by atoms with Crippen LogP contribution in [-0.4, -0.2) is 17.1 Å². The van der Waals surface area contributed by atoms with E-state index >= 15 is 0 Å². The second-order valence-corrected chi connectivity index (χ2v) is 2.51. The summed E-state index contributed by atoms with van der Waals surface area (Å²) in [5.41, 5.74) is 1.33. The molecule has 1 heterocycles. The SMILES string of the molecule is Cc1ccnc(C(=O)CC=O)c1. The van der Waals surface area contributed by atoms with Crippen LogP contribution in [0.1, 0.15) is 22.5 Å². The normalized spacial score (nSPS) is 9.42. The first-order chi connectivity index (χ1) is 5.74. The van der Waals surface area contributed by atoms with Gasteiger partial charge in [0, 0.05) is 6.20 Å². The molecule has 0 bridgehead atoms. The van der Waals surface area contributed by atoms with Gasteiger partial charge in [-0.3, -0.25) is 9.78 Å². The van der Waals surface area contributed by atoms with Crippen molar-refractivity contribution in [1.29, 1.82) is 0 Å². The van der Waals surface area contributed by atoms with E-state index in [-0.39, 0.29) is 12.2 Å². The molecule has 0 N–H and O–H groups in total. The Morgan fingerprint density at radius 1 is 1.67 bits per heavy atom. The highest BCUT2D eigenvalue weighted by molar-refractivity contribution is 6.01. The molecule has 0 radical (unpaired) electrons. The van der Waals surface area contributed by atoms with Gasteiger partial charge in [0.25, 0.3) is 0 Å². The van der Waals surface area contributed by atoms with Gasteiger partial charge in [0.05, 0.1) is 6.42 Å². The zero-order valence-corrected chi connectivity index (χ0v) is 6.78. The van der Waals surface area contributed by atoms with Crippen LogP contribution >= 0.6 is 0 Å². The standard InChI is InChI=1S/C9H9NO2/c1-7-2-4-10-8(6-7)9(12)3-5-11/h2,4-6H,3H2,1H3. The summed E-state index contributed by atoms with van der Waals surface area (Å²) >= 11 is 0. The highest BCUT2D eigenvalue weighted by Gasteiger charge is 2.05. The Balaban J connectivity index is 2.87. The van der Waals surface area contributed by atoms with Gasteiger partial charge in [0.1, 0.15) is 12.0 Å². The number of aldehydes is 1. The maximum Gasteiger partial charge on any atom is 0.188 e. The number of rotatable bonds is 3. The summed E-state index contributed by atoms with van der Waals surface area (Å²) in [6.07, 6.45) is 2.07. The van der Waals surface area contributed by atoms with E-state index in [1.54, 1.807) is 18.3 Å². The van der Waals surface area contributed by atoms with E-state index in [1.807, 2.05) is 6.92 Å². The van der Waals surface area contributed by atoms with Crippen molar-refractivity contribution in [3.63, 3.8) is 0 Å². The molecule has 12 heavy (non-hydrogen) atoms. The number of nitrogens with zero attached hydrogens (tertiary/aromatic N) is 1. The summed E-state index contributed by atoms with van der Waals surface area (Å²) < 4.78 is 0. The molecule has 62 valence electrons. The molecule has 3 heteroatoms. The van der Waals surface area contributed by atoms with Gasteiger partial charge in [0.2, 0.25) is 0 Å². The summed E-state index contributed by atoms with van der Waals surface area (Å²) in [6.45, 7) is 1.87. The number of pyridine rings is 1. The fourth-order valence-electron chi connectivity index (χ4n) is 0.869. The van der Waals surface area contributed by atoms with Crippen molar-refractivity contribution >= 4 is 12.1 Å². The summed E-state index contributed by atoms with van der Waals surface area (Å²) in [6, 6.07) is 3.48. The van der Waals surface area contributed by atoms with E-state index in [9.17, 15) is 9.59 Å². The lowest BCUT2D eigenvalue weighted by Gasteiger charge is -1.96. The molecule has 0 aliphatic heterocycles. The van der Waals surface area contributed by atoms with Crippen LogP contribution in [0.25, 0.3) is 0 Å². The zero-order chi connectivity index (χ0) is 8.97. The molecule has 0 saturated heterocycles. The Kier molecular flexibility index (Phi) is 2.69. The summed E-state index contributed by atoms with van der Waals surface area (Å²) in [4.78, 5) is 25.0. The van der Waals surface area contributed by atoms with Crippen LogP contribution in [0, 0.1) is 6.92 Å². The molecule has 1 aromatic heterocycles. The van der Waals surface area contributed by atoms with Crippen molar-refractivity contribution in [3.8, 4) is 0 Å². The number of hydrogen-bond acceptors (Lipinski definition) is 3. The van der Waals surface area contributed by atoms with Crippen LogP contribution in [0.3, 0.4) is 0 Å². The van der Waals surface area contributed by atoms with Crippen molar-refractivity contribution in [2.24, 2.45) is 0 Å². The molecule has 0 aliphatic carbocycles. The van der Waals surface area contributed by atoms with Gasteiger partial charge in [-0.25, -0.2) is 0 Å². The minimum Gasteiger partial charge on any atom is -0.303 e. The Labute approximate surface area is 70.4 Å². The molecule has 3 nitrogen and oxygen atoms in total. The molecule has 0 spiro atoms. The fourth-order valence-corrected chi connectivity index (χ4v) is 0.869. The second kappa shape index (κ2) is 3.76. The van der Waals surface area contributed by atoms with Crippen LogP contribution in [0.4, 0.5) is 0 Å². The van der Waals surface area contributed by atoms with Crippen molar-refractivity contribution in [3.05, 3.63) is 29.6 Å². The van der Waals surface area contributed by atoms with Gasteiger partial charge in [-0.05, 0) is 24.6 Å². The topological polar surface area (TPSA) is 47.0 Å². The Morgan fingerprint density at radius 3 is 3.00 bits per heavy atom. The lowest BCUT2D eigenvalue weighted by atomic mass is 10.1. The number of ketones is 1. The number of hydrogen-bond donors (Lipinski definition) is 0. The summed E-state index contributed by atoms with van der Waals surface area (Å²) in [5.74, 6) is -0.228. The van der Waals surface area contributed by atoms with Gasteiger partial charge in [0.15, 0.2) is 5.78 Å². The highest BCUT2D eigenvalue weighted by Crippen LogP contribution is 2.01. The van der Waals surface area contributed by atoms with Gasteiger partial charge >= 0.3 is 0 Å². The van der Waals surface area contributed by atoms with Crippen molar-refractivity contribution in [2.75, 3.05) is 0 Å². The molecule has 0 amide bonds. The number of Topliss-reactive ketones (excluding diaryl/α,β-unsaturated/α-hetero) is 1. The third kappa shape index (κ3) is 1.99. The van der Waals surface area contributed by atoms with Gasteiger partial charge in [-0.1, -0.05) is 0 Å². The van der Waals surface area contributed by atoms with Crippen LogP contribution < -0.4 is 0 Å². The number of aromatic nitrogens is 1. The first kappa shape index (κ1) is 8.59. The summed E-state index contributed by atoms with van der Waals surface area (Å²) in [7, 11) is 0. The molecule has 0 atom stereocenters. The van der Waals surface area contributed by atoms with E-state index in [0.29, 0.717) is 12.0 Å². The first-order valence-corrected chi connectivity index (χ1v) is 3.63. The van der Waals surface area contributed by atoms with Gasteiger partial charge in [-0.2, -0.15) is 0 Å². The lowest BCUT2D eigenvalue weighted by Crippen LogP contribution is -2.02.